The Labute approximate surface area is 123 Å². The first-order chi connectivity index (χ1) is 8.81. The summed E-state index contributed by atoms with van der Waals surface area (Å²) in [6, 6.07) is 7.37. The van der Waals surface area contributed by atoms with E-state index < -0.39 is 0 Å². The van der Waals surface area contributed by atoms with Crippen LogP contribution in [0.15, 0.2) is 24.3 Å². The molecule has 2 rings (SSSR count). The van der Waals surface area contributed by atoms with E-state index in [4.69, 9.17) is 28.9 Å². The van der Waals surface area contributed by atoms with E-state index in [2.05, 4.69) is 25.9 Å². The molecule has 0 spiro atoms. The Morgan fingerprint density at radius 3 is 2.16 bits per heavy atom. The van der Waals surface area contributed by atoms with Crippen LogP contribution in [-0.4, -0.2) is 9.78 Å². The Bertz CT molecular complexity index is 577. The molecule has 3 nitrogen and oxygen atoms in total. The molecule has 5 heteroatoms. The van der Waals surface area contributed by atoms with Crippen LogP contribution in [-0.2, 0) is 12.0 Å². The highest BCUT2D eigenvalue weighted by molar-refractivity contribution is 6.34. The highest BCUT2D eigenvalue weighted by atomic mass is 35.5. The minimum Gasteiger partial charge on any atom is -0.325 e. The van der Waals surface area contributed by atoms with E-state index in [1.807, 2.05) is 18.2 Å². The number of hydrogen-bond donors (Lipinski definition) is 1. The van der Waals surface area contributed by atoms with E-state index in [1.165, 1.54) is 0 Å². The average Bonchev–Trinajstić information content (AvgIpc) is 2.71. The monoisotopic (exact) mass is 297 g/mol. The molecule has 0 aliphatic rings. The summed E-state index contributed by atoms with van der Waals surface area (Å²) in [5.41, 5.74) is 8.51. The van der Waals surface area contributed by atoms with Crippen molar-refractivity contribution in [2.45, 2.75) is 32.7 Å². The van der Waals surface area contributed by atoms with Crippen LogP contribution in [0.2, 0.25) is 10.0 Å². The van der Waals surface area contributed by atoms with Crippen LogP contribution in [0.4, 0.5) is 0 Å². The van der Waals surface area contributed by atoms with Crippen LogP contribution >= 0.6 is 23.2 Å². The van der Waals surface area contributed by atoms with Gasteiger partial charge in [-0.3, -0.25) is 0 Å². The first-order valence-corrected chi connectivity index (χ1v) is 6.83. The maximum absolute atomic E-state index is 6.04. The normalized spacial score (nSPS) is 11.9. The molecule has 0 aliphatic heterocycles. The standard InChI is InChI=1S/C14H17Cl2N3/c1-14(2,3)13-7-12(8-17)19(18-13)11-5-9(15)4-10(16)6-11/h4-7H,8,17H2,1-3H3. The second-order valence-corrected chi connectivity index (χ2v) is 6.39. The molecule has 0 saturated heterocycles. The summed E-state index contributed by atoms with van der Waals surface area (Å²) in [6.45, 7) is 6.76. The van der Waals surface area contributed by atoms with E-state index >= 15 is 0 Å². The fourth-order valence-electron chi connectivity index (χ4n) is 1.82. The van der Waals surface area contributed by atoms with Crippen molar-refractivity contribution in [3.8, 4) is 5.69 Å². The van der Waals surface area contributed by atoms with Gasteiger partial charge in [0.2, 0.25) is 0 Å². The highest BCUT2D eigenvalue weighted by Crippen LogP contribution is 2.26. The largest absolute Gasteiger partial charge is 0.325 e. The van der Waals surface area contributed by atoms with E-state index in [0.717, 1.165) is 17.1 Å². The van der Waals surface area contributed by atoms with E-state index in [9.17, 15) is 0 Å². The maximum atomic E-state index is 6.04. The van der Waals surface area contributed by atoms with Crippen molar-refractivity contribution in [3.05, 3.63) is 45.7 Å². The smallest absolute Gasteiger partial charge is 0.0685 e. The summed E-state index contributed by atoms with van der Waals surface area (Å²) in [6.07, 6.45) is 0. The number of halogens is 2. The lowest BCUT2D eigenvalue weighted by Gasteiger charge is -2.14. The molecule has 0 saturated carbocycles. The van der Waals surface area contributed by atoms with Gasteiger partial charge in [0.1, 0.15) is 0 Å². The minimum atomic E-state index is -0.0302. The molecular formula is C14H17Cl2N3. The zero-order valence-electron chi connectivity index (χ0n) is 11.2. The van der Waals surface area contributed by atoms with Crippen molar-refractivity contribution < 1.29 is 0 Å². The molecular weight excluding hydrogens is 281 g/mol. The van der Waals surface area contributed by atoms with Crippen molar-refractivity contribution in [1.82, 2.24) is 9.78 Å². The predicted molar refractivity (Wildman–Crippen MR) is 80.2 cm³/mol. The van der Waals surface area contributed by atoms with Gasteiger partial charge in [0.05, 0.1) is 17.1 Å². The van der Waals surface area contributed by atoms with Crippen LogP contribution < -0.4 is 5.73 Å². The molecule has 0 aliphatic carbocycles. The van der Waals surface area contributed by atoms with Gasteiger partial charge in [-0.1, -0.05) is 44.0 Å². The molecule has 0 bridgehead atoms. The van der Waals surface area contributed by atoms with Gasteiger partial charge in [0.25, 0.3) is 0 Å². The van der Waals surface area contributed by atoms with E-state index in [1.54, 1.807) is 10.7 Å². The van der Waals surface area contributed by atoms with Crippen LogP contribution in [0.3, 0.4) is 0 Å². The topological polar surface area (TPSA) is 43.8 Å². The first-order valence-electron chi connectivity index (χ1n) is 6.07. The van der Waals surface area contributed by atoms with Crippen molar-refractivity contribution in [2.75, 3.05) is 0 Å². The highest BCUT2D eigenvalue weighted by Gasteiger charge is 2.20. The molecule has 0 amide bonds. The van der Waals surface area contributed by atoms with Gasteiger partial charge in [-0.05, 0) is 24.3 Å². The van der Waals surface area contributed by atoms with Crippen LogP contribution in [0.1, 0.15) is 32.2 Å². The Balaban J connectivity index is 2.58. The van der Waals surface area contributed by atoms with Crippen molar-refractivity contribution in [3.63, 3.8) is 0 Å². The number of aromatic nitrogens is 2. The Hall–Kier alpha value is -1.03. The van der Waals surface area contributed by atoms with Gasteiger partial charge >= 0.3 is 0 Å². The summed E-state index contributed by atoms with van der Waals surface area (Å²) < 4.78 is 1.80. The first kappa shape index (κ1) is 14.4. The molecule has 1 aromatic carbocycles. The SMILES string of the molecule is CC(C)(C)c1cc(CN)n(-c2cc(Cl)cc(Cl)c2)n1. The number of hydrogen-bond acceptors (Lipinski definition) is 2. The Kier molecular flexibility index (Phi) is 3.90. The third-order valence-electron chi connectivity index (χ3n) is 2.85. The maximum Gasteiger partial charge on any atom is 0.0685 e. The van der Waals surface area contributed by atoms with Gasteiger partial charge < -0.3 is 5.73 Å². The van der Waals surface area contributed by atoms with Crippen molar-refractivity contribution in [2.24, 2.45) is 5.73 Å². The van der Waals surface area contributed by atoms with E-state index in [0.29, 0.717) is 16.6 Å². The van der Waals surface area contributed by atoms with Crippen molar-refractivity contribution in [1.29, 1.82) is 0 Å². The number of nitrogens with zero attached hydrogens (tertiary/aromatic N) is 2. The Morgan fingerprint density at radius 2 is 1.68 bits per heavy atom. The van der Waals surface area contributed by atoms with E-state index in [-0.39, 0.29) is 5.41 Å². The summed E-state index contributed by atoms with van der Waals surface area (Å²) in [4.78, 5) is 0. The predicted octanol–water partition coefficient (Wildman–Crippen LogP) is 3.94. The lowest BCUT2D eigenvalue weighted by molar-refractivity contribution is 0.560. The van der Waals surface area contributed by atoms with Crippen LogP contribution in [0, 0.1) is 0 Å². The third-order valence-corrected chi connectivity index (χ3v) is 3.29. The summed E-state index contributed by atoms with van der Waals surface area (Å²) in [5.74, 6) is 0. The molecule has 0 atom stereocenters. The third kappa shape index (κ3) is 3.11. The van der Waals surface area contributed by atoms with Gasteiger partial charge in [-0.2, -0.15) is 5.10 Å². The molecule has 1 aromatic heterocycles. The fourth-order valence-corrected chi connectivity index (χ4v) is 2.33. The molecule has 102 valence electrons. The Morgan fingerprint density at radius 1 is 1.11 bits per heavy atom. The van der Waals surface area contributed by atoms with Gasteiger partial charge in [0.15, 0.2) is 0 Å². The summed E-state index contributed by atoms with van der Waals surface area (Å²) in [7, 11) is 0. The fraction of sp³-hybridized carbons (Fsp3) is 0.357. The minimum absolute atomic E-state index is 0.0302. The lowest BCUT2D eigenvalue weighted by atomic mass is 9.92. The van der Waals surface area contributed by atoms with Crippen LogP contribution in [0.25, 0.3) is 5.69 Å². The summed E-state index contributed by atoms with van der Waals surface area (Å²) >= 11 is 12.1. The molecule has 0 radical (unpaired) electrons. The van der Waals surface area contributed by atoms with Crippen LogP contribution in [0.5, 0.6) is 0 Å². The second-order valence-electron chi connectivity index (χ2n) is 5.51. The number of rotatable bonds is 2. The molecule has 19 heavy (non-hydrogen) atoms. The number of benzene rings is 1. The molecule has 0 fully saturated rings. The van der Waals surface area contributed by atoms with Crippen molar-refractivity contribution >= 4 is 23.2 Å². The zero-order valence-corrected chi connectivity index (χ0v) is 12.8. The average molecular weight is 298 g/mol. The molecule has 0 unspecified atom stereocenters. The molecule has 2 N–H and O–H groups in total. The van der Waals surface area contributed by atoms with Gasteiger partial charge in [0, 0.05) is 22.0 Å². The zero-order chi connectivity index (χ0) is 14.2. The molecule has 1 heterocycles. The van der Waals surface area contributed by atoms with Gasteiger partial charge in [-0.15, -0.1) is 0 Å². The lowest BCUT2D eigenvalue weighted by Crippen LogP contribution is -2.12. The summed E-state index contributed by atoms with van der Waals surface area (Å²) in [5, 5.41) is 5.79. The second kappa shape index (κ2) is 5.16. The van der Waals surface area contributed by atoms with Gasteiger partial charge in [-0.25, -0.2) is 4.68 Å². The number of nitrogens with two attached hydrogens (primary N) is 1. The molecule has 2 aromatic rings. The quantitative estimate of drug-likeness (QED) is 0.912.